The van der Waals surface area contributed by atoms with E-state index in [9.17, 15) is 9.59 Å². The predicted molar refractivity (Wildman–Crippen MR) is 92.9 cm³/mol. The van der Waals surface area contributed by atoms with Crippen LogP contribution in [0.2, 0.25) is 0 Å². The Hall–Kier alpha value is -2.69. The molecule has 0 radical (unpaired) electrons. The molecule has 2 rings (SSSR count). The van der Waals surface area contributed by atoms with Crippen LogP contribution in [0.4, 0.5) is 5.69 Å². The van der Waals surface area contributed by atoms with E-state index in [1.54, 1.807) is 25.3 Å². The normalized spacial score (nSPS) is 11.8. The van der Waals surface area contributed by atoms with Gasteiger partial charge in [0.05, 0.1) is 5.56 Å². The molecule has 0 bridgehead atoms. The molecule has 0 spiro atoms. The second kappa shape index (κ2) is 8.24. The van der Waals surface area contributed by atoms with Crippen LogP contribution in [0.25, 0.3) is 0 Å². The first-order valence-electron chi connectivity index (χ1n) is 8.03. The maximum absolute atomic E-state index is 12.3. The van der Waals surface area contributed by atoms with Gasteiger partial charge in [0.1, 0.15) is 0 Å². The van der Waals surface area contributed by atoms with Crippen molar-refractivity contribution in [1.29, 1.82) is 0 Å². The number of benzene rings is 1. The molecule has 1 heterocycles. The first kappa shape index (κ1) is 17.7. The lowest BCUT2D eigenvalue weighted by Crippen LogP contribution is -2.32. The molecule has 0 aliphatic rings. The topological polar surface area (TPSA) is 68.3 Å². The van der Waals surface area contributed by atoms with Crippen molar-refractivity contribution >= 4 is 17.6 Å². The van der Waals surface area contributed by atoms with Crippen LogP contribution < -0.4 is 5.32 Å². The highest BCUT2D eigenvalue weighted by Crippen LogP contribution is 2.18. The quantitative estimate of drug-likeness (QED) is 0.820. The number of nitrogens with one attached hydrogen (secondary N) is 1. The smallest absolute Gasteiger partial charge is 0.340 e. The fraction of sp³-hybridized carbons (Fsp3) is 0.316. The summed E-state index contributed by atoms with van der Waals surface area (Å²) in [6.45, 7) is 6.01. The van der Waals surface area contributed by atoms with Gasteiger partial charge in [-0.3, -0.25) is 9.78 Å². The van der Waals surface area contributed by atoms with Gasteiger partial charge in [0, 0.05) is 18.1 Å². The van der Waals surface area contributed by atoms with Crippen molar-refractivity contribution in [3.63, 3.8) is 0 Å². The van der Waals surface area contributed by atoms with Gasteiger partial charge in [-0.15, -0.1) is 0 Å². The number of ether oxygens (including phenoxy) is 1. The molecule has 0 fully saturated rings. The monoisotopic (exact) mass is 326 g/mol. The van der Waals surface area contributed by atoms with Gasteiger partial charge in [0.25, 0.3) is 5.91 Å². The van der Waals surface area contributed by atoms with Gasteiger partial charge < -0.3 is 10.1 Å². The number of carbonyl (C=O) groups is 2. The molecule has 1 unspecified atom stereocenters. The van der Waals surface area contributed by atoms with Gasteiger partial charge in [-0.1, -0.05) is 32.9 Å². The SMILES string of the molecule is CCC(OC(=O)c1cccnc1)C(=O)Nc1ccc(C(C)C)cc1. The van der Waals surface area contributed by atoms with Crippen molar-refractivity contribution in [3.05, 3.63) is 59.9 Å². The van der Waals surface area contributed by atoms with E-state index >= 15 is 0 Å². The Labute approximate surface area is 142 Å². The maximum atomic E-state index is 12.3. The number of pyridine rings is 1. The third kappa shape index (κ3) is 4.65. The third-order valence-corrected chi connectivity index (χ3v) is 3.65. The molecule has 5 nitrogen and oxygen atoms in total. The molecule has 1 aromatic carbocycles. The summed E-state index contributed by atoms with van der Waals surface area (Å²) in [5, 5.41) is 2.78. The van der Waals surface area contributed by atoms with Crippen molar-refractivity contribution in [2.24, 2.45) is 0 Å². The summed E-state index contributed by atoms with van der Waals surface area (Å²) >= 11 is 0. The highest BCUT2D eigenvalue weighted by atomic mass is 16.5. The van der Waals surface area contributed by atoms with Gasteiger partial charge in [-0.2, -0.15) is 0 Å². The summed E-state index contributed by atoms with van der Waals surface area (Å²) in [4.78, 5) is 28.2. The van der Waals surface area contributed by atoms with E-state index in [0.29, 0.717) is 23.6 Å². The Kier molecular flexibility index (Phi) is 6.07. The van der Waals surface area contributed by atoms with E-state index in [-0.39, 0.29) is 5.91 Å². The minimum Gasteiger partial charge on any atom is -0.449 e. The zero-order valence-corrected chi connectivity index (χ0v) is 14.2. The first-order chi connectivity index (χ1) is 11.5. The number of hydrogen-bond acceptors (Lipinski definition) is 4. The highest BCUT2D eigenvalue weighted by molar-refractivity contribution is 5.97. The van der Waals surface area contributed by atoms with Gasteiger partial charge in [-0.05, 0) is 42.2 Å². The number of aromatic nitrogens is 1. The predicted octanol–water partition coefficient (Wildman–Crippen LogP) is 3.78. The lowest BCUT2D eigenvalue weighted by Gasteiger charge is -2.16. The van der Waals surface area contributed by atoms with Crippen molar-refractivity contribution in [3.8, 4) is 0 Å². The molecule has 1 aromatic heterocycles. The largest absolute Gasteiger partial charge is 0.449 e. The number of rotatable bonds is 6. The second-order valence-electron chi connectivity index (χ2n) is 5.81. The van der Waals surface area contributed by atoms with Crippen LogP contribution in [-0.2, 0) is 9.53 Å². The fourth-order valence-corrected chi connectivity index (χ4v) is 2.18. The number of hydrogen-bond donors (Lipinski definition) is 1. The van der Waals surface area contributed by atoms with E-state index in [0.717, 1.165) is 0 Å². The van der Waals surface area contributed by atoms with Crippen molar-refractivity contribution in [1.82, 2.24) is 4.98 Å². The van der Waals surface area contributed by atoms with Crippen LogP contribution in [0.3, 0.4) is 0 Å². The van der Waals surface area contributed by atoms with Crippen molar-refractivity contribution in [2.45, 2.75) is 39.2 Å². The van der Waals surface area contributed by atoms with Crippen LogP contribution in [0.1, 0.15) is 49.0 Å². The van der Waals surface area contributed by atoms with Gasteiger partial charge in [0.15, 0.2) is 6.10 Å². The molecule has 24 heavy (non-hydrogen) atoms. The Morgan fingerprint density at radius 3 is 2.42 bits per heavy atom. The number of esters is 1. The van der Waals surface area contributed by atoms with Crippen LogP contribution in [0.15, 0.2) is 48.8 Å². The van der Waals surface area contributed by atoms with Gasteiger partial charge in [-0.25, -0.2) is 4.79 Å². The van der Waals surface area contributed by atoms with E-state index < -0.39 is 12.1 Å². The van der Waals surface area contributed by atoms with Crippen LogP contribution in [0.5, 0.6) is 0 Å². The summed E-state index contributed by atoms with van der Waals surface area (Å²) in [5.74, 6) is -0.467. The molecule has 0 aliphatic carbocycles. The Morgan fingerprint density at radius 1 is 1.17 bits per heavy atom. The lowest BCUT2D eigenvalue weighted by molar-refractivity contribution is -0.124. The third-order valence-electron chi connectivity index (χ3n) is 3.65. The molecule has 0 aliphatic heterocycles. The lowest BCUT2D eigenvalue weighted by atomic mass is 10.0. The Bertz CT molecular complexity index is 682. The summed E-state index contributed by atoms with van der Waals surface area (Å²) in [5.41, 5.74) is 2.20. The second-order valence-corrected chi connectivity index (χ2v) is 5.81. The number of amides is 1. The summed E-state index contributed by atoms with van der Waals surface area (Å²) in [7, 11) is 0. The molecule has 1 atom stereocenters. The average molecular weight is 326 g/mol. The maximum Gasteiger partial charge on any atom is 0.340 e. The van der Waals surface area contributed by atoms with Gasteiger partial charge >= 0.3 is 5.97 Å². The summed E-state index contributed by atoms with van der Waals surface area (Å²) in [6, 6.07) is 10.9. The van der Waals surface area contributed by atoms with Crippen LogP contribution in [-0.4, -0.2) is 23.0 Å². The standard InChI is InChI=1S/C19H22N2O3/c1-4-17(24-19(23)15-6-5-11-20-12-15)18(22)21-16-9-7-14(8-10-16)13(2)3/h5-13,17H,4H2,1-3H3,(H,21,22). The number of anilines is 1. The average Bonchev–Trinajstić information content (AvgIpc) is 2.60. The molecule has 1 N–H and O–H groups in total. The zero-order valence-electron chi connectivity index (χ0n) is 14.2. The molecule has 0 saturated heterocycles. The van der Waals surface area contributed by atoms with Crippen molar-refractivity contribution < 1.29 is 14.3 Å². The highest BCUT2D eigenvalue weighted by Gasteiger charge is 2.22. The molecule has 1 amide bonds. The first-order valence-corrected chi connectivity index (χ1v) is 8.03. The van der Waals surface area contributed by atoms with E-state index in [4.69, 9.17) is 4.74 Å². The summed E-state index contributed by atoms with van der Waals surface area (Å²) < 4.78 is 5.29. The van der Waals surface area contributed by atoms with Crippen LogP contribution in [0, 0.1) is 0 Å². The minimum absolute atomic E-state index is 0.324. The van der Waals surface area contributed by atoms with E-state index in [1.807, 2.05) is 24.3 Å². The van der Waals surface area contributed by atoms with Gasteiger partial charge in [0.2, 0.25) is 0 Å². The number of nitrogens with zero attached hydrogens (tertiary/aromatic N) is 1. The zero-order chi connectivity index (χ0) is 17.5. The molecular weight excluding hydrogens is 304 g/mol. The molecular formula is C19H22N2O3. The van der Waals surface area contributed by atoms with Crippen LogP contribution >= 0.6 is 0 Å². The Morgan fingerprint density at radius 2 is 1.88 bits per heavy atom. The number of carbonyl (C=O) groups excluding carboxylic acids is 2. The van der Waals surface area contributed by atoms with Crippen molar-refractivity contribution in [2.75, 3.05) is 5.32 Å². The minimum atomic E-state index is -0.845. The molecule has 5 heteroatoms. The molecule has 126 valence electrons. The summed E-state index contributed by atoms with van der Waals surface area (Å²) in [6.07, 6.45) is 2.53. The van der Waals surface area contributed by atoms with E-state index in [2.05, 4.69) is 24.1 Å². The Balaban J connectivity index is 1.99. The molecule has 2 aromatic rings. The molecule has 0 saturated carbocycles. The van der Waals surface area contributed by atoms with E-state index in [1.165, 1.54) is 11.8 Å². The fourth-order valence-electron chi connectivity index (χ4n) is 2.18.